The van der Waals surface area contributed by atoms with Gasteiger partial charge in [-0.25, -0.2) is 4.39 Å². The molecule has 0 fully saturated rings. The van der Waals surface area contributed by atoms with Crippen molar-refractivity contribution in [1.29, 1.82) is 0 Å². The molecule has 2 aromatic rings. The quantitative estimate of drug-likeness (QED) is 0.909. The van der Waals surface area contributed by atoms with E-state index >= 15 is 0 Å². The van der Waals surface area contributed by atoms with E-state index in [4.69, 9.17) is 5.73 Å². The number of halogens is 2. The summed E-state index contributed by atoms with van der Waals surface area (Å²) < 4.78 is 13.9. The molecule has 0 bridgehead atoms. The molecule has 0 saturated carbocycles. The van der Waals surface area contributed by atoms with Crippen LogP contribution in [-0.4, -0.2) is 16.7 Å². The molecule has 0 radical (unpaired) electrons. The van der Waals surface area contributed by atoms with Crippen LogP contribution in [0.4, 0.5) is 4.39 Å². The molecule has 0 aliphatic carbocycles. The number of hydrogen-bond acceptors (Lipinski definition) is 2. The van der Waals surface area contributed by atoms with E-state index in [9.17, 15) is 4.39 Å². The molecule has 0 saturated heterocycles. The topological polar surface area (TPSA) is 54.7 Å². The monoisotopic (exact) mass is 283 g/mol. The van der Waals surface area contributed by atoms with Crippen molar-refractivity contribution in [3.8, 4) is 11.3 Å². The van der Waals surface area contributed by atoms with Crippen molar-refractivity contribution in [3.05, 3.63) is 40.2 Å². The van der Waals surface area contributed by atoms with Crippen molar-refractivity contribution >= 4 is 15.9 Å². The van der Waals surface area contributed by atoms with Crippen LogP contribution in [0.1, 0.15) is 5.69 Å². The van der Waals surface area contributed by atoms with E-state index in [0.717, 1.165) is 15.7 Å². The van der Waals surface area contributed by atoms with E-state index in [-0.39, 0.29) is 5.82 Å². The van der Waals surface area contributed by atoms with E-state index < -0.39 is 0 Å². The van der Waals surface area contributed by atoms with Crippen molar-refractivity contribution in [3.63, 3.8) is 0 Å². The predicted octanol–water partition coefficient (Wildman–Crippen LogP) is 2.48. The van der Waals surface area contributed by atoms with Crippen LogP contribution < -0.4 is 5.73 Å². The van der Waals surface area contributed by atoms with Crippen molar-refractivity contribution in [2.45, 2.75) is 6.42 Å². The summed E-state index contributed by atoms with van der Waals surface area (Å²) in [5.41, 5.74) is 7.86. The minimum atomic E-state index is -0.271. The fraction of sp³-hybridized carbons (Fsp3) is 0.182. The van der Waals surface area contributed by atoms with Gasteiger partial charge in [0.25, 0.3) is 0 Å². The molecule has 84 valence electrons. The fourth-order valence-electron chi connectivity index (χ4n) is 1.50. The van der Waals surface area contributed by atoms with Crippen molar-refractivity contribution in [2.24, 2.45) is 5.73 Å². The number of benzene rings is 1. The van der Waals surface area contributed by atoms with Gasteiger partial charge in [-0.2, -0.15) is 5.10 Å². The molecule has 3 N–H and O–H groups in total. The molecular weight excluding hydrogens is 273 g/mol. The lowest BCUT2D eigenvalue weighted by molar-refractivity contribution is 0.628. The van der Waals surface area contributed by atoms with Crippen LogP contribution in [0.5, 0.6) is 0 Å². The Morgan fingerprint density at radius 2 is 2.25 bits per heavy atom. The second-order valence-corrected chi connectivity index (χ2v) is 4.21. The Bertz CT molecular complexity index is 496. The van der Waals surface area contributed by atoms with Gasteiger partial charge in [-0.3, -0.25) is 5.10 Å². The molecule has 5 heteroatoms. The van der Waals surface area contributed by atoms with Gasteiger partial charge in [-0.1, -0.05) is 12.1 Å². The molecule has 2 rings (SSSR count). The van der Waals surface area contributed by atoms with Gasteiger partial charge < -0.3 is 5.73 Å². The van der Waals surface area contributed by atoms with Gasteiger partial charge in [0, 0.05) is 12.0 Å². The molecule has 1 heterocycles. The van der Waals surface area contributed by atoms with Crippen LogP contribution in [0.2, 0.25) is 0 Å². The first kappa shape index (κ1) is 11.3. The minimum absolute atomic E-state index is 0.271. The zero-order valence-corrected chi connectivity index (χ0v) is 10.1. The Hall–Kier alpha value is -1.20. The summed E-state index contributed by atoms with van der Waals surface area (Å²) in [6, 6.07) is 6.34. The Morgan fingerprint density at radius 3 is 2.94 bits per heavy atom. The second kappa shape index (κ2) is 4.76. The summed E-state index contributed by atoms with van der Waals surface area (Å²) in [5.74, 6) is -0.271. The Labute approximate surface area is 101 Å². The van der Waals surface area contributed by atoms with Crippen molar-refractivity contribution < 1.29 is 4.39 Å². The largest absolute Gasteiger partial charge is 0.330 e. The van der Waals surface area contributed by atoms with Gasteiger partial charge in [0.1, 0.15) is 11.5 Å². The Balaban J connectivity index is 2.41. The highest BCUT2D eigenvalue weighted by atomic mass is 79.9. The number of aromatic nitrogens is 2. The van der Waals surface area contributed by atoms with E-state index in [1.165, 1.54) is 12.1 Å². The number of nitrogens with two attached hydrogens (primary N) is 1. The van der Waals surface area contributed by atoms with E-state index in [0.29, 0.717) is 18.7 Å². The lowest BCUT2D eigenvalue weighted by atomic mass is 10.1. The molecule has 0 spiro atoms. The summed E-state index contributed by atoms with van der Waals surface area (Å²) in [6.07, 6.45) is 0.711. The summed E-state index contributed by atoms with van der Waals surface area (Å²) in [5, 5.41) is 7.05. The number of nitrogens with zero attached hydrogens (tertiary/aromatic N) is 1. The van der Waals surface area contributed by atoms with Crippen LogP contribution in [0, 0.1) is 5.82 Å². The molecule has 0 aliphatic rings. The molecule has 0 atom stereocenters. The molecule has 1 aromatic heterocycles. The first-order valence-corrected chi connectivity index (χ1v) is 5.70. The summed E-state index contributed by atoms with van der Waals surface area (Å²) in [7, 11) is 0. The number of H-pyrrole nitrogens is 1. The van der Waals surface area contributed by atoms with E-state index in [2.05, 4.69) is 26.1 Å². The molecule has 1 aromatic carbocycles. The van der Waals surface area contributed by atoms with Crippen molar-refractivity contribution in [2.75, 3.05) is 6.54 Å². The molecule has 0 unspecified atom stereocenters. The third kappa shape index (κ3) is 2.15. The Kier molecular flexibility index (Phi) is 3.36. The lowest BCUT2D eigenvalue weighted by Crippen LogP contribution is -2.03. The smallest absolute Gasteiger partial charge is 0.123 e. The SMILES string of the molecule is NCCc1[nH]nc(-c2cccc(F)c2)c1Br. The number of rotatable bonds is 3. The normalized spacial score (nSPS) is 10.7. The molecule has 3 nitrogen and oxygen atoms in total. The highest BCUT2D eigenvalue weighted by molar-refractivity contribution is 9.10. The third-order valence-electron chi connectivity index (χ3n) is 2.27. The third-order valence-corrected chi connectivity index (χ3v) is 3.12. The summed E-state index contributed by atoms with van der Waals surface area (Å²) >= 11 is 3.44. The first-order valence-electron chi connectivity index (χ1n) is 4.91. The van der Waals surface area contributed by atoms with Crippen LogP contribution in [-0.2, 0) is 6.42 Å². The fourth-order valence-corrected chi connectivity index (χ4v) is 2.11. The van der Waals surface area contributed by atoms with Crippen LogP contribution in [0.25, 0.3) is 11.3 Å². The molecule has 0 amide bonds. The molecule has 16 heavy (non-hydrogen) atoms. The Morgan fingerprint density at radius 1 is 1.44 bits per heavy atom. The lowest BCUT2D eigenvalue weighted by Gasteiger charge is -1.98. The van der Waals surface area contributed by atoms with Gasteiger partial charge in [-0.15, -0.1) is 0 Å². The molecular formula is C11H11BrFN3. The van der Waals surface area contributed by atoms with Crippen LogP contribution in [0.3, 0.4) is 0 Å². The number of aromatic amines is 1. The van der Waals surface area contributed by atoms with Gasteiger partial charge in [0.05, 0.1) is 10.2 Å². The van der Waals surface area contributed by atoms with Gasteiger partial charge in [0.15, 0.2) is 0 Å². The minimum Gasteiger partial charge on any atom is -0.330 e. The van der Waals surface area contributed by atoms with Crippen LogP contribution >= 0.6 is 15.9 Å². The predicted molar refractivity (Wildman–Crippen MR) is 64.4 cm³/mol. The summed E-state index contributed by atoms with van der Waals surface area (Å²) in [6.45, 7) is 0.545. The van der Waals surface area contributed by atoms with Gasteiger partial charge >= 0.3 is 0 Å². The second-order valence-electron chi connectivity index (χ2n) is 3.41. The average Bonchev–Trinajstić information content (AvgIpc) is 2.61. The number of nitrogens with one attached hydrogen (secondary N) is 1. The zero-order valence-electron chi connectivity index (χ0n) is 8.50. The van der Waals surface area contributed by atoms with E-state index in [1.54, 1.807) is 6.07 Å². The zero-order chi connectivity index (χ0) is 11.5. The maximum Gasteiger partial charge on any atom is 0.123 e. The molecule has 0 aliphatic heterocycles. The van der Waals surface area contributed by atoms with E-state index in [1.807, 2.05) is 6.07 Å². The average molecular weight is 284 g/mol. The summed E-state index contributed by atoms with van der Waals surface area (Å²) in [4.78, 5) is 0. The maximum atomic E-state index is 13.1. The number of hydrogen-bond donors (Lipinski definition) is 2. The van der Waals surface area contributed by atoms with Gasteiger partial charge in [-0.05, 0) is 34.6 Å². The highest BCUT2D eigenvalue weighted by Crippen LogP contribution is 2.29. The van der Waals surface area contributed by atoms with Gasteiger partial charge in [0.2, 0.25) is 0 Å². The standard InChI is InChI=1S/C11H11BrFN3/c12-10-9(4-5-14)15-16-11(10)7-2-1-3-8(13)6-7/h1-3,6H,4-5,14H2,(H,15,16). The van der Waals surface area contributed by atoms with Crippen LogP contribution in [0.15, 0.2) is 28.7 Å². The first-order chi connectivity index (χ1) is 7.72. The highest BCUT2D eigenvalue weighted by Gasteiger charge is 2.11. The maximum absolute atomic E-state index is 13.1. The van der Waals surface area contributed by atoms with Crippen molar-refractivity contribution in [1.82, 2.24) is 10.2 Å².